The maximum absolute atomic E-state index is 13.0. The molecule has 0 atom stereocenters. The Morgan fingerprint density at radius 3 is 2.73 bits per heavy atom. The minimum absolute atomic E-state index is 0.178. The van der Waals surface area contributed by atoms with Crippen molar-refractivity contribution in [2.24, 2.45) is 0 Å². The smallest absolute Gasteiger partial charge is 0.351 e. The molecule has 0 unspecified atom stereocenters. The number of fused-ring (bicyclic) bond motifs is 1. The molecular formula is C24H18F3N5O. The third-order valence-electron chi connectivity index (χ3n) is 5.03. The van der Waals surface area contributed by atoms with Crippen LogP contribution in [0.5, 0.6) is 0 Å². The van der Waals surface area contributed by atoms with Gasteiger partial charge in [-0.15, -0.1) is 0 Å². The normalized spacial score (nSPS) is 11.3. The molecule has 0 saturated carbocycles. The number of carbonyl (C=O) groups is 1. The maximum atomic E-state index is 13.0. The Balaban J connectivity index is 1.63. The number of nitrogens with one attached hydrogen (secondary N) is 1. The molecule has 6 nitrogen and oxygen atoms in total. The van der Waals surface area contributed by atoms with Crippen LogP contribution in [0.2, 0.25) is 0 Å². The number of pyridine rings is 1. The lowest BCUT2D eigenvalue weighted by Crippen LogP contribution is -2.24. The zero-order valence-electron chi connectivity index (χ0n) is 17.3. The van der Waals surface area contributed by atoms with Crippen molar-refractivity contribution in [2.45, 2.75) is 19.1 Å². The van der Waals surface area contributed by atoms with E-state index in [0.717, 1.165) is 23.1 Å². The number of halogens is 3. The first kappa shape index (κ1) is 22.0. The van der Waals surface area contributed by atoms with E-state index in [4.69, 9.17) is 5.26 Å². The molecule has 1 amide bonds. The predicted molar refractivity (Wildman–Crippen MR) is 116 cm³/mol. The number of hydrogen-bond donors (Lipinski definition) is 1. The van der Waals surface area contributed by atoms with Gasteiger partial charge in [-0.1, -0.05) is 24.3 Å². The molecule has 0 radical (unpaired) electrons. The van der Waals surface area contributed by atoms with Gasteiger partial charge in [-0.25, -0.2) is 0 Å². The van der Waals surface area contributed by atoms with E-state index in [1.165, 1.54) is 12.3 Å². The van der Waals surface area contributed by atoms with Crippen molar-refractivity contribution in [3.63, 3.8) is 0 Å². The summed E-state index contributed by atoms with van der Waals surface area (Å²) in [5, 5.41) is 16.6. The van der Waals surface area contributed by atoms with Gasteiger partial charge >= 0.3 is 6.18 Å². The van der Waals surface area contributed by atoms with E-state index in [1.807, 2.05) is 24.3 Å². The minimum Gasteiger partial charge on any atom is -0.351 e. The highest BCUT2D eigenvalue weighted by atomic mass is 19.4. The van der Waals surface area contributed by atoms with Crippen LogP contribution in [0, 0.1) is 11.3 Å². The molecule has 0 spiro atoms. The summed E-state index contributed by atoms with van der Waals surface area (Å²) in [4.78, 5) is 16.5. The summed E-state index contributed by atoms with van der Waals surface area (Å²) in [6.07, 6.45) is 0.651. The van der Waals surface area contributed by atoms with Gasteiger partial charge < -0.3 is 5.32 Å². The number of rotatable bonds is 6. The SMILES string of the molecule is N#CCCNC(=O)c1cncc(-c2cccc3nn(Cc4cccc(C(F)(F)F)c4)cc23)c1. The molecular weight excluding hydrogens is 431 g/mol. The topological polar surface area (TPSA) is 83.6 Å². The summed E-state index contributed by atoms with van der Waals surface area (Å²) in [6.45, 7) is 0.426. The summed E-state index contributed by atoms with van der Waals surface area (Å²) < 4.78 is 40.7. The zero-order valence-corrected chi connectivity index (χ0v) is 17.3. The van der Waals surface area contributed by atoms with Crippen molar-refractivity contribution in [1.82, 2.24) is 20.1 Å². The second kappa shape index (κ2) is 9.12. The third-order valence-corrected chi connectivity index (χ3v) is 5.03. The Morgan fingerprint density at radius 2 is 1.94 bits per heavy atom. The fraction of sp³-hybridized carbons (Fsp3) is 0.167. The van der Waals surface area contributed by atoms with Crippen molar-refractivity contribution < 1.29 is 18.0 Å². The summed E-state index contributed by atoms with van der Waals surface area (Å²) in [7, 11) is 0. The average Bonchev–Trinajstić information content (AvgIpc) is 3.21. The van der Waals surface area contributed by atoms with Gasteiger partial charge in [0.2, 0.25) is 0 Å². The van der Waals surface area contributed by atoms with Gasteiger partial charge in [0.1, 0.15) is 0 Å². The molecule has 4 aromatic rings. The Morgan fingerprint density at radius 1 is 1.12 bits per heavy atom. The number of nitriles is 1. The van der Waals surface area contributed by atoms with Crippen LogP contribution in [-0.2, 0) is 12.7 Å². The maximum Gasteiger partial charge on any atom is 0.416 e. The summed E-state index contributed by atoms with van der Waals surface area (Å²) in [6, 6.07) is 14.3. The van der Waals surface area contributed by atoms with Crippen LogP contribution < -0.4 is 5.32 Å². The lowest BCUT2D eigenvalue weighted by molar-refractivity contribution is -0.137. The molecule has 9 heteroatoms. The van der Waals surface area contributed by atoms with Crippen LogP contribution in [0.15, 0.2) is 67.1 Å². The number of alkyl halides is 3. The van der Waals surface area contributed by atoms with Crippen LogP contribution in [0.4, 0.5) is 13.2 Å². The van der Waals surface area contributed by atoms with Crippen molar-refractivity contribution in [3.05, 3.63) is 83.8 Å². The van der Waals surface area contributed by atoms with Crippen molar-refractivity contribution >= 4 is 16.8 Å². The summed E-state index contributed by atoms with van der Waals surface area (Å²) >= 11 is 0. The van der Waals surface area contributed by atoms with Crippen molar-refractivity contribution in [3.8, 4) is 17.2 Å². The molecule has 2 aromatic carbocycles. The predicted octanol–water partition coefficient (Wildman–Crippen LogP) is 4.81. The molecule has 166 valence electrons. The van der Waals surface area contributed by atoms with Crippen LogP contribution in [-0.4, -0.2) is 27.2 Å². The van der Waals surface area contributed by atoms with E-state index in [0.29, 0.717) is 22.2 Å². The average molecular weight is 449 g/mol. The highest BCUT2D eigenvalue weighted by Crippen LogP contribution is 2.31. The molecule has 33 heavy (non-hydrogen) atoms. The highest BCUT2D eigenvalue weighted by Gasteiger charge is 2.30. The highest BCUT2D eigenvalue weighted by molar-refractivity contribution is 5.98. The first-order valence-corrected chi connectivity index (χ1v) is 10.1. The van der Waals surface area contributed by atoms with Gasteiger partial charge in [0.15, 0.2) is 0 Å². The number of benzene rings is 2. The van der Waals surface area contributed by atoms with Crippen LogP contribution >= 0.6 is 0 Å². The number of hydrogen-bond acceptors (Lipinski definition) is 4. The van der Waals surface area contributed by atoms with E-state index >= 15 is 0 Å². The quantitative estimate of drug-likeness (QED) is 0.428. The summed E-state index contributed by atoms with van der Waals surface area (Å²) in [5.41, 5.74) is 2.31. The van der Waals surface area contributed by atoms with E-state index < -0.39 is 11.7 Å². The van der Waals surface area contributed by atoms with Gasteiger partial charge in [-0.05, 0) is 35.4 Å². The fourth-order valence-electron chi connectivity index (χ4n) is 3.50. The van der Waals surface area contributed by atoms with Gasteiger partial charge in [-0.2, -0.15) is 23.5 Å². The molecule has 2 aromatic heterocycles. The second-order valence-corrected chi connectivity index (χ2v) is 7.39. The molecule has 0 fully saturated rings. The number of aromatic nitrogens is 3. The Hall–Kier alpha value is -4.19. The van der Waals surface area contributed by atoms with E-state index in [9.17, 15) is 18.0 Å². The van der Waals surface area contributed by atoms with E-state index in [2.05, 4.69) is 15.4 Å². The molecule has 0 saturated heterocycles. The van der Waals surface area contributed by atoms with E-state index in [-0.39, 0.29) is 25.4 Å². The molecule has 0 bridgehead atoms. The molecule has 4 rings (SSSR count). The molecule has 2 heterocycles. The molecule has 0 aliphatic rings. The number of amides is 1. The lowest BCUT2D eigenvalue weighted by Gasteiger charge is -2.08. The third kappa shape index (κ3) is 5.01. The number of nitrogens with zero attached hydrogens (tertiary/aromatic N) is 4. The van der Waals surface area contributed by atoms with Crippen molar-refractivity contribution in [2.75, 3.05) is 6.54 Å². The monoisotopic (exact) mass is 449 g/mol. The standard InChI is InChI=1S/C24H18F3N5O/c25-24(26,27)19-5-1-4-16(10-19)14-32-15-21-20(6-2-7-22(21)31-32)17-11-18(13-29-12-17)23(33)30-9-3-8-28/h1-2,4-7,10-13,15H,3,9,14H2,(H,30,33). The van der Waals surface area contributed by atoms with Crippen LogP contribution in [0.1, 0.15) is 27.9 Å². The molecule has 0 aliphatic heterocycles. The number of carbonyl (C=O) groups excluding carboxylic acids is 1. The van der Waals surface area contributed by atoms with Crippen LogP contribution in [0.25, 0.3) is 22.0 Å². The largest absolute Gasteiger partial charge is 0.416 e. The minimum atomic E-state index is -4.41. The summed E-state index contributed by atoms with van der Waals surface area (Å²) in [5.74, 6) is -0.327. The van der Waals surface area contributed by atoms with Crippen LogP contribution in [0.3, 0.4) is 0 Å². The van der Waals surface area contributed by atoms with Gasteiger partial charge in [0.05, 0.1) is 35.7 Å². The first-order valence-electron chi connectivity index (χ1n) is 10.1. The lowest BCUT2D eigenvalue weighted by atomic mass is 10.0. The molecule has 0 aliphatic carbocycles. The second-order valence-electron chi connectivity index (χ2n) is 7.39. The Labute approximate surface area is 187 Å². The van der Waals surface area contributed by atoms with Gasteiger partial charge in [0.25, 0.3) is 5.91 Å². The molecule has 1 N–H and O–H groups in total. The fourth-order valence-corrected chi connectivity index (χ4v) is 3.50. The Bertz CT molecular complexity index is 1350. The zero-order chi connectivity index (χ0) is 23.4. The van der Waals surface area contributed by atoms with Gasteiger partial charge in [0, 0.05) is 36.1 Å². The first-order chi connectivity index (χ1) is 15.8. The Kier molecular flexibility index (Phi) is 6.09. The van der Waals surface area contributed by atoms with Gasteiger partial charge in [-0.3, -0.25) is 14.5 Å². The van der Waals surface area contributed by atoms with E-state index in [1.54, 1.807) is 29.2 Å². The van der Waals surface area contributed by atoms with Crippen molar-refractivity contribution in [1.29, 1.82) is 5.26 Å².